The SMILES string of the molecule is CCOC(=O)CCn1cncc1CNC(=O)OC(C)(C)C. The average Bonchev–Trinajstić information content (AvgIpc) is 2.79. The standard InChI is InChI=1S/C14H23N3O4/c1-5-20-12(18)6-7-17-10-15-8-11(17)9-16-13(19)21-14(2,3)4/h8,10H,5-7,9H2,1-4H3,(H,16,19). The number of carbonyl (C=O) groups is 2. The number of esters is 1. The van der Waals surface area contributed by atoms with Gasteiger partial charge in [-0.25, -0.2) is 9.78 Å². The Bertz CT molecular complexity index is 477. The molecule has 1 amide bonds. The fourth-order valence-electron chi connectivity index (χ4n) is 1.62. The number of hydrogen-bond donors (Lipinski definition) is 1. The Hall–Kier alpha value is -2.05. The zero-order valence-electron chi connectivity index (χ0n) is 13.0. The van der Waals surface area contributed by atoms with Crippen LogP contribution in [0.25, 0.3) is 0 Å². The zero-order chi connectivity index (χ0) is 15.9. The molecule has 1 heterocycles. The molecule has 0 bridgehead atoms. The van der Waals surface area contributed by atoms with Gasteiger partial charge in [0.25, 0.3) is 0 Å². The predicted molar refractivity (Wildman–Crippen MR) is 76.6 cm³/mol. The quantitative estimate of drug-likeness (QED) is 0.810. The number of ether oxygens (including phenoxy) is 2. The van der Waals surface area contributed by atoms with E-state index in [1.807, 2.05) is 0 Å². The molecule has 0 aromatic carbocycles. The molecule has 1 rings (SSSR count). The monoisotopic (exact) mass is 297 g/mol. The molecule has 0 radical (unpaired) electrons. The van der Waals surface area contributed by atoms with E-state index in [2.05, 4.69) is 10.3 Å². The molecule has 1 aromatic rings. The van der Waals surface area contributed by atoms with Gasteiger partial charge in [0.2, 0.25) is 0 Å². The first-order valence-corrected chi connectivity index (χ1v) is 6.93. The lowest BCUT2D eigenvalue weighted by atomic mass is 10.2. The van der Waals surface area contributed by atoms with Gasteiger partial charge in [-0.2, -0.15) is 0 Å². The number of rotatable bonds is 6. The summed E-state index contributed by atoms with van der Waals surface area (Å²) < 4.78 is 11.8. The Labute approximate surface area is 124 Å². The minimum atomic E-state index is -0.533. The number of aryl methyl sites for hydroxylation is 1. The third-order valence-corrected chi connectivity index (χ3v) is 2.47. The van der Waals surface area contributed by atoms with Gasteiger partial charge in [-0.05, 0) is 27.7 Å². The van der Waals surface area contributed by atoms with Crippen molar-refractivity contribution in [3.05, 3.63) is 18.2 Å². The summed E-state index contributed by atoms with van der Waals surface area (Å²) in [6.45, 7) is 8.30. The van der Waals surface area contributed by atoms with Gasteiger partial charge in [0.05, 0.1) is 31.6 Å². The van der Waals surface area contributed by atoms with Gasteiger partial charge in [0.15, 0.2) is 0 Å². The van der Waals surface area contributed by atoms with Gasteiger partial charge in [0.1, 0.15) is 5.60 Å². The molecule has 1 aromatic heterocycles. The molecular weight excluding hydrogens is 274 g/mol. The molecule has 0 saturated heterocycles. The number of nitrogens with zero attached hydrogens (tertiary/aromatic N) is 2. The first kappa shape index (κ1) is 17.0. The smallest absolute Gasteiger partial charge is 0.407 e. The lowest BCUT2D eigenvalue weighted by Gasteiger charge is -2.19. The van der Waals surface area contributed by atoms with Crippen LogP contribution >= 0.6 is 0 Å². The number of alkyl carbamates (subject to hydrolysis) is 1. The number of nitrogens with one attached hydrogen (secondary N) is 1. The highest BCUT2D eigenvalue weighted by molar-refractivity contribution is 5.69. The zero-order valence-corrected chi connectivity index (χ0v) is 13.0. The molecule has 0 aliphatic heterocycles. The molecule has 21 heavy (non-hydrogen) atoms. The van der Waals surface area contributed by atoms with E-state index < -0.39 is 11.7 Å². The first-order chi connectivity index (χ1) is 9.81. The van der Waals surface area contributed by atoms with Gasteiger partial charge < -0.3 is 19.4 Å². The van der Waals surface area contributed by atoms with Crippen LogP contribution in [0.15, 0.2) is 12.5 Å². The van der Waals surface area contributed by atoms with E-state index in [9.17, 15) is 9.59 Å². The van der Waals surface area contributed by atoms with Gasteiger partial charge in [0, 0.05) is 12.7 Å². The van der Waals surface area contributed by atoms with Crippen LogP contribution in [-0.4, -0.2) is 33.8 Å². The van der Waals surface area contributed by atoms with Crippen molar-refractivity contribution in [3.8, 4) is 0 Å². The number of aromatic nitrogens is 2. The number of hydrogen-bond acceptors (Lipinski definition) is 5. The van der Waals surface area contributed by atoms with E-state index in [1.165, 1.54) is 0 Å². The van der Waals surface area contributed by atoms with Crippen LogP contribution in [0.1, 0.15) is 39.8 Å². The van der Waals surface area contributed by atoms with Gasteiger partial charge in [-0.15, -0.1) is 0 Å². The van der Waals surface area contributed by atoms with Crippen molar-refractivity contribution in [2.45, 2.75) is 52.8 Å². The Morgan fingerprint density at radius 2 is 2.10 bits per heavy atom. The largest absolute Gasteiger partial charge is 0.466 e. The first-order valence-electron chi connectivity index (χ1n) is 6.93. The van der Waals surface area contributed by atoms with Crippen LogP contribution in [0.2, 0.25) is 0 Å². The lowest BCUT2D eigenvalue weighted by Crippen LogP contribution is -2.32. The molecule has 0 atom stereocenters. The van der Waals surface area contributed by atoms with Crippen molar-refractivity contribution >= 4 is 12.1 Å². The topological polar surface area (TPSA) is 82.5 Å². The summed E-state index contributed by atoms with van der Waals surface area (Å²) in [6, 6.07) is 0. The van der Waals surface area contributed by atoms with Crippen LogP contribution in [-0.2, 0) is 27.4 Å². The summed E-state index contributed by atoms with van der Waals surface area (Å²) in [7, 11) is 0. The molecular formula is C14H23N3O4. The molecule has 0 aliphatic carbocycles. The van der Waals surface area contributed by atoms with Crippen molar-refractivity contribution < 1.29 is 19.1 Å². The molecule has 0 aliphatic rings. The Kier molecular flexibility index (Phi) is 6.20. The summed E-state index contributed by atoms with van der Waals surface area (Å²) in [4.78, 5) is 26.9. The number of carbonyl (C=O) groups excluding carboxylic acids is 2. The van der Waals surface area contributed by atoms with Crippen LogP contribution in [0.4, 0.5) is 4.79 Å². The van der Waals surface area contributed by atoms with Crippen LogP contribution in [0.5, 0.6) is 0 Å². The normalized spacial score (nSPS) is 11.0. The highest BCUT2D eigenvalue weighted by Crippen LogP contribution is 2.07. The molecule has 0 spiro atoms. The van der Waals surface area contributed by atoms with Gasteiger partial charge in [-0.1, -0.05) is 0 Å². The molecule has 7 heteroatoms. The molecule has 118 valence electrons. The second kappa shape index (κ2) is 7.66. The highest BCUT2D eigenvalue weighted by atomic mass is 16.6. The van der Waals surface area contributed by atoms with Crippen molar-refractivity contribution in [3.63, 3.8) is 0 Å². The van der Waals surface area contributed by atoms with Crippen molar-refractivity contribution in [1.29, 1.82) is 0 Å². The summed E-state index contributed by atoms with van der Waals surface area (Å²) in [5.74, 6) is -0.253. The fourth-order valence-corrected chi connectivity index (χ4v) is 1.62. The van der Waals surface area contributed by atoms with Crippen LogP contribution < -0.4 is 5.32 Å². The minimum absolute atomic E-state index is 0.253. The second-order valence-corrected chi connectivity index (χ2v) is 5.49. The Morgan fingerprint density at radius 1 is 1.38 bits per heavy atom. The van der Waals surface area contributed by atoms with Crippen LogP contribution in [0, 0.1) is 0 Å². The van der Waals surface area contributed by atoms with E-state index in [-0.39, 0.29) is 18.9 Å². The van der Waals surface area contributed by atoms with E-state index in [0.717, 1.165) is 5.69 Å². The summed E-state index contributed by atoms with van der Waals surface area (Å²) in [5, 5.41) is 2.66. The maximum absolute atomic E-state index is 11.6. The minimum Gasteiger partial charge on any atom is -0.466 e. The van der Waals surface area contributed by atoms with Crippen molar-refractivity contribution in [1.82, 2.24) is 14.9 Å². The van der Waals surface area contributed by atoms with E-state index >= 15 is 0 Å². The molecule has 0 saturated carbocycles. The molecule has 1 N–H and O–H groups in total. The maximum Gasteiger partial charge on any atom is 0.407 e. The summed E-state index contributed by atoms with van der Waals surface area (Å²) in [5.41, 5.74) is 0.263. The third-order valence-electron chi connectivity index (χ3n) is 2.47. The number of imidazole rings is 1. The lowest BCUT2D eigenvalue weighted by molar-refractivity contribution is -0.143. The Morgan fingerprint density at radius 3 is 2.71 bits per heavy atom. The summed E-state index contributed by atoms with van der Waals surface area (Å²) >= 11 is 0. The molecule has 0 fully saturated rings. The fraction of sp³-hybridized carbons (Fsp3) is 0.643. The molecule has 7 nitrogen and oxygen atoms in total. The van der Waals surface area contributed by atoms with E-state index in [1.54, 1.807) is 44.8 Å². The predicted octanol–water partition coefficient (Wildman–Crippen LogP) is 1.86. The van der Waals surface area contributed by atoms with E-state index in [0.29, 0.717) is 13.2 Å². The summed E-state index contributed by atoms with van der Waals surface area (Å²) in [6.07, 6.45) is 3.04. The molecule has 0 unspecified atom stereocenters. The van der Waals surface area contributed by atoms with Gasteiger partial charge >= 0.3 is 12.1 Å². The van der Waals surface area contributed by atoms with Crippen LogP contribution in [0.3, 0.4) is 0 Å². The Balaban J connectivity index is 2.45. The average molecular weight is 297 g/mol. The maximum atomic E-state index is 11.6. The van der Waals surface area contributed by atoms with E-state index in [4.69, 9.17) is 9.47 Å². The van der Waals surface area contributed by atoms with Crippen molar-refractivity contribution in [2.75, 3.05) is 6.61 Å². The third kappa shape index (κ3) is 6.78. The van der Waals surface area contributed by atoms with Gasteiger partial charge in [-0.3, -0.25) is 4.79 Å². The second-order valence-electron chi connectivity index (χ2n) is 5.49. The highest BCUT2D eigenvalue weighted by Gasteiger charge is 2.16. The van der Waals surface area contributed by atoms with Crippen molar-refractivity contribution in [2.24, 2.45) is 0 Å². The number of amides is 1.